The van der Waals surface area contributed by atoms with Gasteiger partial charge in [0, 0.05) is 18.5 Å². The standard InChI is InChI=1S/C29H40FNO4/c1-5-34-28(33)13-10-24-16-25(30)11-12-27(24)20(2)35-19-26(32)18-31-29(3,4)17-21-14-22-8-6-7-9-23(22)15-21/h6-9,11-12,16,20-21,26,31-32H,5,10,13-15,17-19H2,1-4H3/t20-,26-/m1/s1. The number of esters is 1. The first-order chi connectivity index (χ1) is 16.7. The number of ether oxygens (including phenoxy) is 2. The third-order valence-electron chi connectivity index (χ3n) is 6.74. The number of β-amino-alcohol motifs (C(OH)–C–C–N with tert-alkyl or cyclic N) is 1. The maximum absolute atomic E-state index is 13.8. The number of nitrogens with one attached hydrogen (secondary N) is 1. The predicted molar refractivity (Wildman–Crippen MR) is 136 cm³/mol. The Morgan fingerprint density at radius 3 is 2.54 bits per heavy atom. The average molecular weight is 486 g/mol. The van der Waals surface area contributed by atoms with Crippen molar-refractivity contribution >= 4 is 5.97 Å². The van der Waals surface area contributed by atoms with E-state index in [1.54, 1.807) is 13.0 Å². The number of benzene rings is 2. The maximum atomic E-state index is 13.8. The smallest absolute Gasteiger partial charge is 0.306 e. The summed E-state index contributed by atoms with van der Waals surface area (Å²) in [6.07, 6.45) is 2.81. The highest BCUT2D eigenvalue weighted by Gasteiger charge is 2.28. The van der Waals surface area contributed by atoms with E-state index >= 15 is 0 Å². The molecule has 192 valence electrons. The normalized spacial score (nSPS) is 15.6. The molecule has 0 radical (unpaired) electrons. The molecule has 2 aromatic rings. The molecule has 2 atom stereocenters. The maximum Gasteiger partial charge on any atom is 0.306 e. The molecular formula is C29H40FNO4. The van der Waals surface area contributed by atoms with Gasteiger partial charge < -0.3 is 19.9 Å². The van der Waals surface area contributed by atoms with Crippen molar-refractivity contribution in [3.63, 3.8) is 0 Å². The van der Waals surface area contributed by atoms with Gasteiger partial charge in [0.05, 0.1) is 25.4 Å². The summed E-state index contributed by atoms with van der Waals surface area (Å²) in [7, 11) is 0. The van der Waals surface area contributed by atoms with Crippen molar-refractivity contribution < 1.29 is 23.8 Å². The van der Waals surface area contributed by atoms with Crippen molar-refractivity contribution in [2.75, 3.05) is 19.8 Å². The number of aryl methyl sites for hydroxylation is 1. The van der Waals surface area contributed by atoms with Crippen LogP contribution in [0.3, 0.4) is 0 Å². The Bertz CT molecular complexity index is 952. The van der Waals surface area contributed by atoms with Crippen LogP contribution in [0.1, 0.15) is 68.9 Å². The first kappa shape index (κ1) is 27.3. The van der Waals surface area contributed by atoms with Crippen LogP contribution in [0.25, 0.3) is 0 Å². The molecular weight excluding hydrogens is 445 g/mol. The number of hydrogen-bond acceptors (Lipinski definition) is 5. The highest BCUT2D eigenvalue weighted by molar-refractivity contribution is 5.69. The van der Waals surface area contributed by atoms with E-state index in [-0.39, 0.29) is 36.5 Å². The van der Waals surface area contributed by atoms with Gasteiger partial charge in [0.1, 0.15) is 5.82 Å². The molecule has 1 aliphatic rings. The molecule has 0 fully saturated rings. The molecule has 35 heavy (non-hydrogen) atoms. The number of hydrogen-bond donors (Lipinski definition) is 2. The van der Waals surface area contributed by atoms with Crippen LogP contribution < -0.4 is 5.32 Å². The Kier molecular flexibility index (Phi) is 9.84. The minimum absolute atomic E-state index is 0.101. The van der Waals surface area contributed by atoms with Crippen LogP contribution in [-0.2, 0) is 33.5 Å². The highest BCUT2D eigenvalue weighted by Crippen LogP contribution is 2.32. The summed E-state index contributed by atoms with van der Waals surface area (Å²) in [5.74, 6) is -0.0478. The molecule has 0 spiro atoms. The molecule has 0 aliphatic heterocycles. The Hall–Kier alpha value is -2.28. The van der Waals surface area contributed by atoms with E-state index in [9.17, 15) is 14.3 Å². The summed E-state index contributed by atoms with van der Waals surface area (Å²) in [5.41, 5.74) is 4.35. The summed E-state index contributed by atoms with van der Waals surface area (Å²) < 4.78 is 24.7. The molecule has 6 heteroatoms. The van der Waals surface area contributed by atoms with Crippen LogP contribution in [0, 0.1) is 11.7 Å². The van der Waals surface area contributed by atoms with Gasteiger partial charge in [0.2, 0.25) is 0 Å². The van der Waals surface area contributed by atoms with Crippen molar-refractivity contribution in [2.45, 2.75) is 77.5 Å². The van der Waals surface area contributed by atoms with Gasteiger partial charge in [0.15, 0.2) is 0 Å². The van der Waals surface area contributed by atoms with Crippen molar-refractivity contribution in [3.05, 3.63) is 70.5 Å². The summed E-state index contributed by atoms with van der Waals surface area (Å²) in [4.78, 5) is 11.7. The first-order valence-corrected chi connectivity index (χ1v) is 12.7. The van der Waals surface area contributed by atoms with E-state index in [1.165, 1.54) is 23.3 Å². The SMILES string of the molecule is CCOC(=O)CCc1cc(F)ccc1[C@@H](C)OC[C@H](O)CNC(C)(C)CC1Cc2ccccc2C1. The molecule has 0 heterocycles. The zero-order chi connectivity index (χ0) is 25.4. The fraction of sp³-hybridized carbons (Fsp3) is 0.552. The molecule has 0 unspecified atom stereocenters. The van der Waals surface area contributed by atoms with Crippen LogP contribution in [0.5, 0.6) is 0 Å². The van der Waals surface area contributed by atoms with Crippen LogP contribution in [0.4, 0.5) is 4.39 Å². The second-order valence-corrected chi connectivity index (χ2v) is 10.3. The Morgan fingerprint density at radius 1 is 1.20 bits per heavy atom. The van der Waals surface area contributed by atoms with Gasteiger partial charge in [0.25, 0.3) is 0 Å². The number of halogens is 1. The third kappa shape index (κ3) is 8.41. The molecule has 3 rings (SSSR count). The topological polar surface area (TPSA) is 67.8 Å². The van der Waals surface area contributed by atoms with Crippen LogP contribution >= 0.6 is 0 Å². The number of aliphatic hydroxyl groups excluding tert-OH is 1. The quantitative estimate of drug-likeness (QED) is 0.394. The largest absolute Gasteiger partial charge is 0.466 e. The molecule has 0 saturated carbocycles. The summed E-state index contributed by atoms with van der Waals surface area (Å²) in [6, 6.07) is 13.2. The lowest BCUT2D eigenvalue weighted by Crippen LogP contribution is -2.45. The Balaban J connectivity index is 1.45. The summed E-state index contributed by atoms with van der Waals surface area (Å²) in [6.45, 7) is 8.91. The van der Waals surface area contributed by atoms with Gasteiger partial charge in [-0.1, -0.05) is 30.3 Å². The lowest BCUT2D eigenvalue weighted by atomic mass is 9.88. The van der Waals surface area contributed by atoms with Crippen LogP contribution in [0.2, 0.25) is 0 Å². The third-order valence-corrected chi connectivity index (χ3v) is 6.74. The van der Waals surface area contributed by atoms with E-state index in [2.05, 4.69) is 43.4 Å². The molecule has 0 amide bonds. The molecule has 1 aliphatic carbocycles. The van der Waals surface area contributed by atoms with E-state index < -0.39 is 6.10 Å². The lowest BCUT2D eigenvalue weighted by molar-refractivity contribution is -0.143. The Morgan fingerprint density at radius 2 is 1.89 bits per heavy atom. The van der Waals surface area contributed by atoms with E-state index in [1.807, 2.05) is 6.92 Å². The number of aliphatic hydroxyl groups is 1. The fourth-order valence-corrected chi connectivity index (χ4v) is 5.04. The van der Waals surface area contributed by atoms with E-state index in [4.69, 9.17) is 9.47 Å². The van der Waals surface area contributed by atoms with Gasteiger partial charge in [-0.3, -0.25) is 4.79 Å². The van der Waals surface area contributed by atoms with Gasteiger partial charge in [-0.2, -0.15) is 0 Å². The van der Waals surface area contributed by atoms with Gasteiger partial charge in [-0.25, -0.2) is 4.39 Å². The monoisotopic (exact) mass is 485 g/mol. The highest BCUT2D eigenvalue weighted by atomic mass is 19.1. The number of rotatable bonds is 13. The van der Waals surface area contributed by atoms with Gasteiger partial charge in [-0.15, -0.1) is 0 Å². The van der Waals surface area contributed by atoms with Crippen molar-refractivity contribution in [3.8, 4) is 0 Å². The summed E-state index contributed by atoms with van der Waals surface area (Å²) >= 11 is 0. The van der Waals surface area contributed by atoms with Crippen LogP contribution in [-0.4, -0.2) is 42.5 Å². The first-order valence-electron chi connectivity index (χ1n) is 12.7. The fourth-order valence-electron chi connectivity index (χ4n) is 5.04. The molecule has 2 N–H and O–H groups in total. The molecule has 0 bridgehead atoms. The van der Waals surface area contributed by atoms with Gasteiger partial charge in [-0.05, 0) is 93.7 Å². The average Bonchev–Trinajstić information content (AvgIpc) is 3.21. The van der Waals surface area contributed by atoms with Crippen molar-refractivity contribution in [2.24, 2.45) is 5.92 Å². The predicted octanol–water partition coefficient (Wildman–Crippen LogP) is 4.93. The molecule has 2 aromatic carbocycles. The molecule has 0 saturated heterocycles. The minimum atomic E-state index is -0.666. The minimum Gasteiger partial charge on any atom is -0.466 e. The number of carbonyl (C=O) groups excluding carboxylic acids is 1. The lowest BCUT2D eigenvalue weighted by Gasteiger charge is -2.31. The zero-order valence-electron chi connectivity index (χ0n) is 21.5. The van der Waals surface area contributed by atoms with Crippen LogP contribution in [0.15, 0.2) is 42.5 Å². The Labute approximate surface area is 209 Å². The second-order valence-electron chi connectivity index (χ2n) is 10.3. The molecule has 5 nitrogen and oxygen atoms in total. The van der Waals surface area contributed by atoms with Crippen molar-refractivity contribution in [1.29, 1.82) is 0 Å². The van der Waals surface area contributed by atoms with Crippen molar-refractivity contribution in [1.82, 2.24) is 5.32 Å². The van der Waals surface area contributed by atoms with Gasteiger partial charge >= 0.3 is 5.97 Å². The second kappa shape index (κ2) is 12.6. The molecule has 0 aromatic heterocycles. The summed E-state index contributed by atoms with van der Waals surface area (Å²) in [5, 5.41) is 14.1. The number of fused-ring (bicyclic) bond motifs is 1. The van der Waals surface area contributed by atoms with E-state index in [0.717, 1.165) is 30.4 Å². The van der Waals surface area contributed by atoms with E-state index in [0.29, 0.717) is 25.5 Å². The zero-order valence-corrected chi connectivity index (χ0v) is 21.5. The number of carbonyl (C=O) groups is 1.